The molecule has 1 fully saturated rings. The predicted molar refractivity (Wildman–Crippen MR) is 81.1 cm³/mol. The molecule has 10 heteroatoms. The largest absolute Gasteiger partial charge is 0.465 e. The van der Waals surface area contributed by atoms with Crippen molar-refractivity contribution in [2.24, 2.45) is 0 Å². The van der Waals surface area contributed by atoms with E-state index >= 15 is 0 Å². The number of ether oxygens (including phenoxy) is 2. The number of carbonyl (C=O) groups is 2. The van der Waals surface area contributed by atoms with Crippen molar-refractivity contribution >= 4 is 23.7 Å². The Bertz CT molecular complexity index is 727. The van der Waals surface area contributed by atoms with E-state index in [1.54, 1.807) is 0 Å². The maximum Gasteiger partial charge on any atom is 0.345 e. The number of aromatic amines is 1. The van der Waals surface area contributed by atoms with Crippen molar-refractivity contribution in [2.45, 2.75) is 43.9 Å². The first-order valence-corrected chi connectivity index (χ1v) is 7.88. The van der Waals surface area contributed by atoms with E-state index < -0.39 is 34.7 Å². The monoisotopic (exact) mass is 343 g/mol. The first-order chi connectivity index (χ1) is 10.8. The zero-order valence-corrected chi connectivity index (χ0v) is 13.7. The molecule has 23 heavy (non-hydrogen) atoms. The van der Waals surface area contributed by atoms with Gasteiger partial charge in [-0.15, -0.1) is 11.8 Å². The van der Waals surface area contributed by atoms with Crippen molar-refractivity contribution in [1.29, 1.82) is 0 Å². The maximum atomic E-state index is 11.9. The van der Waals surface area contributed by atoms with Crippen LogP contribution >= 0.6 is 11.8 Å². The zero-order valence-electron chi connectivity index (χ0n) is 12.9. The Hall–Kier alpha value is -2.10. The Morgan fingerprint density at radius 1 is 1.35 bits per heavy atom. The molecule has 1 N–H and O–H groups in total. The van der Waals surface area contributed by atoms with Gasteiger partial charge >= 0.3 is 17.6 Å². The normalized spacial score (nSPS) is 23.5. The van der Waals surface area contributed by atoms with Gasteiger partial charge in [0.2, 0.25) is 0 Å². The Balaban J connectivity index is 2.23. The molecule has 0 aromatic carbocycles. The van der Waals surface area contributed by atoms with Gasteiger partial charge in [0, 0.05) is 20.3 Å². The van der Waals surface area contributed by atoms with Crippen LogP contribution in [-0.4, -0.2) is 44.7 Å². The van der Waals surface area contributed by atoms with E-state index in [4.69, 9.17) is 9.47 Å². The van der Waals surface area contributed by atoms with Crippen LogP contribution < -0.4 is 11.2 Å². The number of nitrogens with one attached hydrogen (secondary N) is 1. The standard InChI is InChI=1S/C13H17N3O6S/c1-6-12(19)14-13(20)16(15-6)11-4-9(22-8(3)18)10(23-11)5-21-7(2)17/h9-11H,4-5H2,1-3H3,(H,14,19,20)/t9-,10+,11+/m0/s1. The van der Waals surface area contributed by atoms with Crippen LogP contribution in [0.2, 0.25) is 0 Å². The number of carbonyl (C=O) groups excluding carboxylic acids is 2. The molecular weight excluding hydrogens is 326 g/mol. The number of nitrogens with zero attached hydrogens (tertiary/aromatic N) is 2. The topological polar surface area (TPSA) is 120 Å². The Morgan fingerprint density at radius 2 is 2.04 bits per heavy atom. The molecule has 0 bridgehead atoms. The lowest BCUT2D eigenvalue weighted by atomic mass is 10.2. The summed E-state index contributed by atoms with van der Waals surface area (Å²) in [7, 11) is 0. The first kappa shape index (κ1) is 17.3. The molecule has 1 saturated heterocycles. The minimum Gasteiger partial charge on any atom is -0.465 e. The fourth-order valence-electron chi connectivity index (χ4n) is 2.23. The molecule has 0 saturated carbocycles. The van der Waals surface area contributed by atoms with Gasteiger partial charge in [0.05, 0.1) is 5.25 Å². The number of hydrogen-bond donors (Lipinski definition) is 1. The highest BCUT2D eigenvalue weighted by Crippen LogP contribution is 2.42. The summed E-state index contributed by atoms with van der Waals surface area (Å²) in [6.07, 6.45) is -0.183. The summed E-state index contributed by atoms with van der Waals surface area (Å²) in [4.78, 5) is 47.7. The molecular formula is C13H17N3O6S. The van der Waals surface area contributed by atoms with Crippen molar-refractivity contribution in [2.75, 3.05) is 6.61 Å². The van der Waals surface area contributed by atoms with Gasteiger partial charge in [0.25, 0.3) is 5.56 Å². The summed E-state index contributed by atoms with van der Waals surface area (Å²) in [6, 6.07) is 0. The average Bonchev–Trinajstić information content (AvgIpc) is 2.82. The van der Waals surface area contributed by atoms with Gasteiger partial charge < -0.3 is 9.47 Å². The van der Waals surface area contributed by atoms with Crippen LogP contribution in [0.4, 0.5) is 0 Å². The molecule has 0 spiro atoms. The molecule has 0 aliphatic carbocycles. The maximum absolute atomic E-state index is 11.9. The van der Waals surface area contributed by atoms with Crippen LogP contribution in [0.5, 0.6) is 0 Å². The Labute approximate surface area is 135 Å². The highest BCUT2D eigenvalue weighted by atomic mass is 32.2. The summed E-state index contributed by atoms with van der Waals surface area (Å²) in [5, 5.41) is 3.25. The number of rotatable bonds is 4. The van der Waals surface area contributed by atoms with Crippen molar-refractivity contribution in [3.8, 4) is 0 Å². The van der Waals surface area contributed by atoms with E-state index in [-0.39, 0.29) is 17.6 Å². The minimum absolute atomic E-state index is 0.0610. The highest BCUT2D eigenvalue weighted by Gasteiger charge is 2.40. The molecule has 0 amide bonds. The van der Waals surface area contributed by atoms with E-state index in [9.17, 15) is 19.2 Å². The van der Waals surface area contributed by atoms with Crippen molar-refractivity contribution < 1.29 is 19.1 Å². The third kappa shape index (κ3) is 4.21. The second kappa shape index (κ2) is 6.99. The van der Waals surface area contributed by atoms with Crippen LogP contribution in [0.25, 0.3) is 0 Å². The molecule has 3 atom stereocenters. The number of hydrogen-bond acceptors (Lipinski definition) is 8. The van der Waals surface area contributed by atoms with Crippen LogP contribution in [0.15, 0.2) is 9.59 Å². The van der Waals surface area contributed by atoms with E-state index in [2.05, 4.69) is 10.1 Å². The van der Waals surface area contributed by atoms with E-state index in [0.29, 0.717) is 6.42 Å². The molecule has 0 radical (unpaired) electrons. The summed E-state index contributed by atoms with van der Waals surface area (Å²) in [5.74, 6) is -0.896. The van der Waals surface area contributed by atoms with Crippen LogP contribution in [0.1, 0.15) is 31.3 Å². The number of aryl methyl sites for hydroxylation is 1. The van der Waals surface area contributed by atoms with Crippen molar-refractivity contribution in [1.82, 2.24) is 14.8 Å². The highest BCUT2D eigenvalue weighted by molar-refractivity contribution is 8.00. The molecule has 126 valence electrons. The lowest BCUT2D eigenvalue weighted by Gasteiger charge is -2.17. The summed E-state index contributed by atoms with van der Waals surface area (Å²) in [5.41, 5.74) is -1.01. The molecule has 0 unspecified atom stereocenters. The first-order valence-electron chi connectivity index (χ1n) is 6.93. The van der Waals surface area contributed by atoms with Gasteiger partial charge in [0.1, 0.15) is 23.8 Å². The molecule has 1 aromatic rings. The summed E-state index contributed by atoms with van der Waals surface area (Å²) in [6.45, 7) is 4.13. The second-order valence-electron chi connectivity index (χ2n) is 5.10. The van der Waals surface area contributed by atoms with E-state index in [1.165, 1.54) is 32.5 Å². The molecule has 1 aliphatic rings. The SMILES string of the molecule is CC(=O)OC[C@H]1S[C@@H](n2nc(C)c(=O)[nH]c2=O)C[C@@H]1OC(C)=O. The quantitative estimate of drug-likeness (QED) is 0.742. The van der Waals surface area contributed by atoms with Crippen molar-refractivity contribution in [3.05, 3.63) is 26.5 Å². The summed E-state index contributed by atoms with van der Waals surface area (Å²) < 4.78 is 11.4. The van der Waals surface area contributed by atoms with E-state index in [0.717, 1.165) is 4.68 Å². The minimum atomic E-state index is -0.632. The van der Waals surface area contributed by atoms with Gasteiger partial charge in [-0.3, -0.25) is 19.4 Å². The molecule has 1 aliphatic heterocycles. The van der Waals surface area contributed by atoms with Gasteiger partial charge in [-0.25, -0.2) is 9.48 Å². The number of H-pyrrole nitrogens is 1. The molecule has 2 heterocycles. The fourth-order valence-corrected chi connectivity index (χ4v) is 3.68. The molecule has 1 aromatic heterocycles. The average molecular weight is 343 g/mol. The van der Waals surface area contributed by atoms with Gasteiger partial charge in [-0.05, 0) is 6.92 Å². The lowest BCUT2D eigenvalue weighted by Crippen LogP contribution is -2.35. The zero-order chi connectivity index (χ0) is 17.1. The van der Waals surface area contributed by atoms with Crippen LogP contribution in [0.3, 0.4) is 0 Å². The van der Waals surface area contributed by atoms with Gasteiger partial charge in [-0.1, -0.05) is 0 Å². The Kier molecular flexibility index (Phi) is 5.24. The van der Waals surface area contributed by atoms with Gasteiger partial charge in [-0.2, -0.15) is 5.10 Å². The Morgan fingerprint density at radius 3 is 2.65 bits per heavy atom. The van der Waals surface area contributed by atoms with Crippen molar-refractivity contribution in [3.63, 3.8) is 0 Å². The molecule has 2 rings (SSSR count). The van der Waals surface area contributed by atoms with Gasteiger partial charge in [0.15, 0.2) is 0 Å². The second-order valence-corrected chi connectivity index (χ2v) is 6.53. The van der Waals surface area contributed by atoms with Crippen LogP contribution in [-0.2, 0) is 19.1 Å². The third-order valence-corrected chi connectivity index (χ3v) is 4.73. The number of esters is 2. The number of aromatic nitrogens is 3. The fraction of sp³-hybridized carbons (Fsp3) is 0.615. The molecule has 9 nitrogen and oxygen atoms in total. The number of thioether (sulfide) groups is 1. The third-order valence-electron chi connectivity index (χ3n) is 3.24. The summed E-state index contributed by atoms with van der Waals surface area (Å²) >= 11 is 1.31. The lowest BCUT2D eigenvalue weighted by molar-refractivity contribution is -0.148. The predicted octanol–water partition coefficient (Wildman–Crippen LogP) is -0.261. The van der Waals surface area contributed by atoms with E-state index in [1.807, 2.05) is 0 Å². The van der Waals surface area contributed by atoms with Crippen LogP contribution in [0, 0.1) is 6.92 Å². The smallest absolute Gasteiger partial charge is 0.345 e.